The molecule has 0 radical (unpaired) electrons. The Labute approximate surface area is 61.8 Å². The van der Waals surface area contributed by atoms with E-state index in [0.29, 0.717) is 0 Å². The van der Waals surface area contributed by atoms with Crippen LogP contribution in [-0.2, 0) is 14.3 Å². The predicted molar refractivity (Wildman–Crippen MR) is 31.3 cm³/mol. The van der Waals surface area contributed by atoms with Crippen molar-refractivity contribution in [3.8, 4) is 0 Å². The highest BCUT2D eigenvalue weighted by Gasteiger charge is 2.32. The van der Waals surface area contributed by atoms with Crippen LogP contribution in [0.5, 0.6) is 0 Å². The van der Waals surface area contributed by atoms with Crippen LogP contribution in [0.1, 0.15) is 0 Å². The first-order chi connectivity index (χ1) is 4.24. The quantitative estimate of drug-likeness (QED) is 0.430. The normalized spacial score (nSPS) is 34.7. The third kappa shape index (κ3) is 1.47. The molecule has 3 nitrogen and oxygen atoms in total. The van der Waals surface area contributed by atoms with E-state index in [1.54, 1.807) is 0 Å². The van der Waals surface area contributed by atoms with Crippen LogP contribution in [0.2, 0.25) is 0 Å². The van der Waals surface area contributed by atoms with Gasteiger partial charge in [-0.15, -0.1) is 11.6 Å². The first-order valence-electron chi connectivity index (χ1n) is 2.30. The average Bonchev–Trinajstić information content (AvgIpc) is 2.10. The molecule has 1 heterocycles. The molecule has 0 amide bonds. The summed E-state index contributed by atoms with van der Waals surface area (Å²) in [6, 6.07) is 0. The summed E-state index contributed by atoms with van der Waals surface area (Å²) in [6.07, 6.45) is -0.686. The Bertz CT molecular complexity index is 127. The Balaban J connectivity index is 2.48. The first kappa shape index (κ1) is 7.12. The molecule has 52 valence electrons. The molecule has 0 saturated carbocycles. The molecule has 1 aliphatic rings. The van der Waals surface area contributed by atoms with Crippen LogP contribution >= 0.6 is 23.2 Å². The second-order valence-electron chi connectivity index (χ2n) is 1.49. The molecule has 5 heteroatoms. The third-order valence-electron chi connectivity index (χ3n) is 0.883. The van der Waals surface area contributed by atoms with Gasteiger partial charge in [0.2, 0.25) is 0 Å². The van der Waals surface area contributed by atoms with E-state index in [1.165, 1.54) is 0 Å². The van der Waals surface area contributed by atoms with Crippen LogP contribution in [-0.4, -0.2) is 23.7 Å². The molecular weight excluding hydrogens is 167 g/mol. The van der Waals surface area contributed by atoms with Crippen LogP contribution in [0.4, 0.5) is 0 Å². The fourth-order valence-electron chi connectivity index (χ4n) is 0.479. The van der Waals surface area contributed by atoms with E-state index in [9.17, 15) is 4.79 Å². The molecule has 1 saturated heterocycles. The highest BCUT2D eigenvalue weighted by atomic mass is 35.5. The van der Waals surface area contributed by atoms with E-state index >= 15 is 0 Å². The number of hydrogen-bond acceptors (Lipinski definition) is 3. The van der Waals surface area contributed by atoms with Crippen LogP contribution in [0, 0.1) is 0 Å². The van der Waals surface area contributed by atoms with E-state index < -0.39 is 17.8 Å². The lowest BCUT2D eigenvalue weighted by molar-refractivity contribution is -0.139. The second-order valence-corrected chi connectivity index (χ2v) is 2.16. The average molecular weight is 171 g/mol. The summed E-state index contributed by atoms with van der Waals surface area (Å²) in [6.45, 7) is 0. The van der Waals surface area contributed by atoms with Gasteiger partial charge >= 0.3 is 5.97 Å². The highest BCUT2D eigenvalue weighted by molar-refractivity contribution is 6.21. The smallest absolute Gasteiger partial charge is 0.339 e. The maximum absolute atomic E-state index is 10.5. The minimum absolute atomic E-state index is 0.0854. The number of rotatable bonds is 1. The van der Waals surface area contributed by atoms with Gasteiger partial charge in [0.05, 0.1) is 5.88 Å². The van der Waals surface area contributed by atoms with Crippen molar-refractivity contribution in [3.05, 3.63) is 0 Å². The van der Waals surface area contributed by atoms with E-state index in [-0.39, 0.29) is 5.88 Å². The summed E-state index contributed by atoms with van der Waals surface area (Å²) in [5.41, 5.74) is 0. The van der Waals surface area contributed by atoms with E-state index in [0.717, 1.165) is 0 Å². The first-order valence-corrected chi connectivity index (χ1v) is 3.27. The zero-order chi connectivity index (χ0) is 6.85. The summed E-state index contributed by atoms with van der Waals surface area (Å²) in [5, 5.41) is 0. The van der Waals surface area contributed by atoms with Gasteiger partial charge < -0.3 is 9.47 Å². The van der Waals surface area contributed by atoms with Crippen molar-refractivity contribution in [2.24, 2.45) is 0 Å². The highest BCUT2D eigenvalue weighted by Crippen LogP contribution is 2.16. The largest absolute Gasteiger partial charge is 0.419 e. The lowest BCUT2D eigenvalue weighted by atomic mass is 10.4. The third-order valence-corrected chi connectivity index (χ3v) is 1.36. The van der Waals surface area contributed by atoms with Crippen molar-refractivity contribution < 1.29 is 14.3 Å². The second kappa shape index (κ2) is 2.73. The molecule has 0 aromatic heterocycles. The summed E-state index contributed by atoms with van der Waals surface area (Å²) >= 11 is 10.5. The van der Waals surface area contributed by atoms with Crippen molar-refractivity contribution >= 4 is 29.2 Å². The molecule has 0 spiro atoms. The number of hydrogen-bond donors (Lipinski definition) is 0. The van der Waals surface area contributed by atoms with Gasteiger partial charge in [-0.3, -0.25) is 0 Å². The Kier molecular flexibility index (Phi) is 2.16. The van der Waals surface area contributed by atoms with Gasteiger partial charge in [-0.1, -0.05) is 0 Å². The molecule has 9 heavy (non-hydrogen) atoms. The number of halogens is 2. The molecule has 0 aromatic carbocycles. The van der Waals surface area contributed by atoms with Gasteiger partial charge in [0.1, 0.15) is 0 Å². The Morgan fingerprint density at radius 1 is 1.67 bits per heavy atom. The molecule has 1 rings (SSSR count). The molecule has 0 bridgehead atoms. The van der Waals surface area contributed by atoms with Crippen molar-refractivity contribution in [2.75, 3.05) is 5.88 Å². The Morgan fingerprint density at radius 2 is 2.33 bits per heavy atom. The number of cyclic esters (lactones) is 1. The number of carbonyl (C=O) groups is 1. The minimum atomic E-state index is -0.957. The van der Waals surface area contributed by atoms with Gasteiger partial charge in [-0.25, -0.2) is 4.79 Å². The van der Waals surface area contributed by atoms with Gasteiger partial charge in [-0.05, 0) is 11.6 Å². The summed E-state index contributed by atoms with van der Waals surface area (Å²) in [5.74, 6) is -1.37. The maximum Gasteiger partial charge on any atom is 0.339 e. The molecule has 0 aliphatic carbocycles. The number of alkyl halides is 2. The lowest BCUT2D eigenvalue weighted by Crippen LogP contribution is -2.17. The van der Waals surface area contributed by atoms with Crippen LogP contribution < -0.4 is 0 Å². The molecule has 2 atom stereocenters. The van der Waals surface area contributed by atoms with E-state index in [1.807, 2.05) is 0 Å². The molecule has 1 aliphatic heterocycles. The van der Waals surface area contributed by atoms with Crippen LogP contribution in [0.3, 0.4) is 0 Å². The summed E-state index contributed by atoms with van der Waals surface area (Å²) in [7, 11) is 0. The lowest BCUT2D eigenvalue weighted by Gasteiger charge is -1.96. The number of ether oxygens (including phenoxy) is 2. The maximum atomic E-state index is 10.5. The van der Waals surface area contributed by atoms with E-state index in [2.05, 4.69) is 9.47 Å². The van der Waals surface area contributed by atoms with Gasteiger partial charge in [0.25, 0.3) is 5.75 Å². The number of esters is 1. The van der Waals surface area contributed by atoms with Crippen LogP contribution in [0.15, 0.2) is 0 Å². The monoisotopic (exact) mass is 170 g/mol. The topological polar surface area (TPSA) is 35.5 Å². The van der Waals surface area contributed by atoms with E-state index in [4.69, 9.17) is 23.2 Å². The van der Waals surface area contributed by atoms with Crippen molar-refractivity contribution in [2.45, 2.75) is 11.9 Å². The van der Waals surface area contributed by atoms with Crippen molar-refractivity contribution in [1.82, 2.24) is 0 Å². The SMILES string of the molecule is O=C1OC(Cl)OC1CCl. The van der Waals surface area contributed by atoms with Gasteiger partial charge in [-0.2, -0.15) is 0 Å². The fraction of sp³-hybridized carbons (Fsp3) is 0.750. The molecular formula is C4H4Cl2O3. The van der Waals surface area contributed by atoms with Gasteiger partial charge in [0.15, 0.2) is 6.10 Å². The van der Waals surface area contributed by atoms with Gasteiger partial charge in [0, 0.05) is 0 Å². The molecule has 1 fully saturated rings. The fourth-order valence-corrected chi connectivity index (χ4v) is 0.890. The van der Waals surface area contributed by atoms with Crippen molar-refractivity contribution in [1.29, 1.82) is 0 Å². The zero-order valence-electron chi connectivity index (χ0n) is 4.34. The summed E-state index contributed by atoms with van der Waals surface area (Å²) in [4.78, 5) is 10.5. The summed E-state index contributed by atoms with van der Waals surface area (Å²) < 4.78 is 9.07. The Hall–Kier alpha value is 0.01000. The number of carbonyl (C=O) groups excluding carboxylic acids is 1. The van der Waals surface area contributed by atoms with Crippen LogP contribution in [0.25, 0.3) is 0 Å². The van der Waals surface area contributed by atoms with Crippen molar-refractivity contribution in [3.63, 3.8) is 0 Å². The standard InChI is InChI=1S/C4H4Cl2O3/c5-1-2-3(7)9-4(6)8-2/h2,4H,1H2. The molecule has 2 unspecified atom stereocenters. The zero-order valence-corrected chi connectivity index (χ0v) is 5.85. The predicted octanol–water partition coefficient (Wildman–Crippen LogP) is 0.690. The Morgan fingerprint density at radius 3 is 2.56 bits per heavy atom. The molecule has 0 N–H and O–H groups in total. The molecule has 0 aromatic rings. The minimum Gasteiger partial charge on any atom is -0.419 e.